The van der Waals surface area contributed by atoms with Crippen molar-refractivity contribution in [2.24, 2.45) is 0 Å². The lowest BCUT2D eigenvalue weighted by molar-refractivity contribution is 0.0959. The van der Waals surface area contributed by atoms with E-state index in [0.29, 0.717) is 22.7 Å². The molecule has 7 nitrogen and oxygen atoms in total. The molecule has 1 aromatic heterocycles. The summed E-state index contributed by atoms with van der Waals surface area (Å²) in [5, 5.41) is 9.18. The second kappa shape index (κ2) is 7.74. The molecule has 2 aromatic carbocycles. The number of aromatic nitrogens is 1. The lowest BCUT2D eigenvalue weighted by Crippen LogP contribution is -2.18. The smallest absolute Gasteiger partial charge is 0.294 e. The Balaban J connectivity index is 1.83. The third kappa shape index (κ3) is 3.98. The van der Waals surface area contributed by atoms with Crippen LogP contribution in [0.15, 0.2) is 53.1 Å². The van der Waals surface area contributed by atoms with Crippen LogP contribution < -0.4 is 15.4 Å². The maximum absolute atomic E-state index is 12.5. The van der Waals surface area contributed by atoms with Gasteiger partial charge in [0.15, 0.2) is 0 Å². The van der Waals surface area contributed by atoms with Crippen molar-refractivity contribution >= 4 is 17.5 Å². The number of anilines is 1. The number of nitrogens with one attached hydrogen (secondary N) is 2. The van der Waals surface area contributed by atoms with Gasteiger partial charge in [0.2, 0.25) is 5.76 Å². The quantitative estimate of drug-likeness (QED) is 0.724. The van der Waals surface area contributed by atoms with Crippen molar-refractivity contribution < 1.29 is 18.8 Å². The molecule has 1 heterocycles. The van der Waals surface area contributed by atoms with Gasteiger partial charge in [-0.05, 0) is 25.1 Å². The Morgan fingerprint density at radius 1 is 1.04 bits per heavy atom. The first-order valence-electron chi connectivity index (χ1n) is 8.27. The molecule has 0 aliphatic rings. The number of rotatable bonds is 5. The van der Waals surface area contributed by atoms with Crippen LogP contribution in [0.4, 0.5) is 5.69 Å². The fourth-order valence-corrected chi connectivity index (χ4v) is 2.52. The van der Waals surface area contributed by atoms with Crippen LogP contribution in [0.5, 0.6) is 5.75 Å². The van der Waals surface area contributed by atoms with Crippen molar-refractivity contribution in [2.45, 2.75) is 6.92 Å². The summed E-state index contributed by atoms with van der Waals surface area (Å²) in [6, 6.07) is 14.0. The van der Waals surface area contributed by atoms with Crippen molar-refractivity contribution in [1.29, 1.82) is 0 Å². The van der Waals surface area contributed by atoms with E-state index >= 15 is 0 Å². The van der Waals surface area contributed by atoms with Gasteiger partial charge in [0.25, 0.3) is 11.8 Å². The Labute approximate surface area is 156 Å². The Morgan fingerprint density at radius 2 is 1.78 bits per heavy atom. The summed E-state index contributed by atoms with van der Waals surface area (Å²) in [6.45, 7) is 1.99. The Bertz CT molecular complexity index is 977. The molecule has 2 amide bonds. The molecule has 0 radical (unpaired) electrons. The Kier molecular flexibility index (Phi) is 5.21. The summed E-state index contributed by atoms with van der Waals surface area (Å²) in [5.74, 6) is -0.282. The van der Waals surface area contributed by atoms with E-state index < -0.39 is 5.91 Å². The number of hydrogen-bond acceptors (Lipinski definition) is 5. The van der Waals surface area contributed by atoms with E-state index in [9.17, 15) is 9.59 Å². The van der Waals surface area contributed by atoms with Crippen LogP contribution in [0, 0.1) is 6.92 Å². The predicted molar refractivity (Wildman–Crippen MR) is 101 cm³/mol. The highest BCUT2D eigenvalue weighted by Gasteiger charge is 2.17. The summed E-state index contributed by atoms with van der Waals surface area (Å²) in [7, 11) is 3.01. The number of benzene rings is 2. The molecule has 0 fully saturated rings. The van der Waals surface area contributed by atoms with Gasteiger partial charge in [0.1, 0.15) is 11.4 Å². The van der Waals surface area contributed by atoms with E-state index in [0.717, 1.165) is 11.1 Å². The summed E-state index contributed by atoms with van der Waals surface area (Å²) in [4.78, 5) is 24.3. The van der Waals surface area contributed by atoms with Crippen LogP contribution in [-0.4, -0.2) is 31.1 Å². The molecule has 2 N–H and O–H groups in total. The lowest BCUT2D eigenvalue weighted by Gasteiger charge is -2.10. The molecule has 7 heteroatoms. The van der Waals surface area contributed by atoms with Crippen molar-refractivity contribution in [3.05, 3.63) is 65.4 Å². The molecule has 0 spiro atoms. The first-order valence-corrected chi connectivity index (χ1v) is 8.27. The number of carbonyl (C=O) groups excluding carboxylic acids is 2. The normalized spacial score (nSPS) is 10.3. The third-order valence-electron chi connectivity index (χ3n) is 4.02. The van der Waals surface area contributed by atoms with Crippen molar-refractivity contribution in [2.75, 3.05) is 19.5 Å². The zero-order valence-corrected chi connectivity index (χ0v) is 15.2. The molecule has 0 aliphatic heterocycles. The fraction of sp³-hybridized carbons (Fsp3) is 0.150. The highest BCUT2D eigenvalue weighted by atomic mass is 16.5. The number of carbonyl (C=O) groups is 2. The van der Waals surface area contributed by atoms with Gasteiger partial charge in [-0.2, -0.15) is 0 Å². The van der Waals surface area contributed by atoms with Gasteiger partial charge in [0.05, 0.1) is 12.8 Å². The number of hydrogen-bond donors (Lipinski definition) is 2. The van der Waals surface area contributed by atoms with Gasteiger partial charge in [-0.15, -0.1) is 0 Å². The van der Waals surface area contributed by atoms with Gasteiger partial charge in [-0.25, -0.2) is 0 Å². The van der Waals surface area contributed by atoms with Crippen LogP contribution in [-0.2, 0) is 0 Å². The molecule has 0 aliphatic carbocycles. The number of aryl methyl sites for hydroxylation is 1. The molecular formula is C20H19N3O4. The molecule has 0 bridgehead atoms. The van der Waals surface area contributed by atoms with Gasteiger partial charge >= 0.3 is 0 Å². The van der Waals surface area contributed by atoms with E-state index in [2.05, 4.69) is 15.8 Å². The molecular weight excluding hydrogens is 346 g/mol. The molecule has 3 aromatic rings. The van der Waals surface area contributed by atoms with Crippen LogP contribution in [0.3, 0.4) is 0 Å². The molecule has 0 saturated carbocycles. The van der Waals surface area contributed by atoms with Gasteiger partial charge in [-0.3, -0.25) is 9.59 Å². The average Bonchev–Trinajstić information content (AvgIpc) is 3.18. The van der Waals surface area contributed by atoms with Gasteiger partial charge < -0.3 is 19.9 Å². The first-order chi connectivity index (χ1) is 13.0. The van der Waals surface area contributed by atoms with Gasteiger partial charge in [0, 0.05) is 24.2 Å². The minimum absolute atomic E-state index is 0.0537. The van der Waals surface area contributed by atoms with Crippen LogP contribution >= 0.6 is 0 Å². The average molecular weight is 365 g/mol. The van der Waals surface area contributed by atoms with E-state index in [1.165, 1.54) is 20.2 Å². The summed E-state index contributed by atoms with van der Waals surface area (Å²) < 4.78 is 10.4. The van der Waals surface area contributed by atoms with Crippen molar-refractivity contribution in [3.8, 4) is 17.0 Å². The number of nitrogens with zero attached hydrogens (tertiary/aromatic N) is 1. The van der Waals surface area contributed by atoms with Crippen molar-refractivity contribution in [3.63, 3.8) is 0 Å². The van der Waals surface area contributed by atoms with Crippen LogP contribution in [0.1, 0.15) is 26.5 Å². The predicted octanol–water partition coefficient (Wildman–Crippen LogP) is 3.27. The zero-order chi connectivity index (χ0) is 19.4. The number of amides is 2. The molecule has 27 heavy (non-hydrogen) atoms. The molecule has 138 valence electrons. The lowest BCUT2D eigenvalue weighted by atomic mass is 10.1. The summed E-state index contributed by atoms with van der Waals surface area (Å²) in [6.07, 6.45) is 0. The third-order valence-corrected chi connectivity index (χ3v) is 4.02. The van der Waals surface area contributed by atoms with E-state index in [-0.39, 0.29) is 11.7 Å². The maximum atomic E-state index is 12.5. The first kappa shape index (κ1) is 18.2. The molecule has 0 unspecified atom stereocenters. The van der Waals surface area contributed by atoms with Crippen LogP contribution in [0.25, 0.3) is 11.3 Å². The van der Waals surface area contributed by atoms with Crippen molar-refractivity contribution in [1.82, 2.24) is 10.5 Å². The minimum atomic E-state index is -0.492. The number of methoxy groups -OCH3 is 1. The molecule has 3 rings (SSSR count). The fourth-order valence-electron chi connectivity index (χ4n) is 2.52. The Morgan fingerprint density at radius 3 is 2.44 bits per heavy atom. The second-order valence-electron chi connectivity index (χ2n) is 5.89. The SMILES string of the molecule is CNC(=O)c1ccc(OC)c(NC(=O)c2cc(-c3ccc(C)cc3)no2)c1. The summed E-state index contributed by atoms with van der Waals surface area (Å²) in [5.41, 5.74) is 3.29. The van der Waals surface area contributed by atoms with E-state index in [4.69, 9.17) is 9.26 Å². The number of ether oxygens (including phenoxy) is 1. The van der Waals surface area contributed by atoms with E-state index in [1.54, 1.807) is 18.2 Å². The Hall–Kier alpha value is -3.61. The highest BCUT2D eigenvalue weighted by Crippen LogP contribution is 2.27. The monoisotopic (exact) mass is 365 g/mol. The standard InChI is InChI=1S/C20H19N3O4/c1-12-4-6-13(7-5-12)15-11-18(27-23-15)20(25)22-16-10-14(19(24)21-2)8-9-17(16)26-3/h4-11H,1-3H3,(H,21,24)(H,22,25). The summed E-state index contributed by atoms with van der Waals surface area (Å²) >= 11 is 0. The zero-order valence-electron chi connectivity index (χ0n) is 15.2. The largest absolute Gasteiger partial charge is 0.495 e. The second-order valence-corrected chi connectivity index (χ2v) is 5.89. The minimum Gasteiger partial charge on any atom is -0.495 e. The molecule has 0 saturated heterocycles. The topological polar surface area (TPSA) is 93.5 Å². The molecule has 0 atom stereocenters. The van der Waals surface area contributed by atoms with Gasteiger partial charge in [-0.1, -0.05) is 35.0 Å². The van der Waals surface area contributed by atoms with E-state index in [1.807, 2.05) is 31.2 Å². The maximum Gasteiger partial charge on any atom is 0.294 e. The highest BCUT2D eigenvalue weighted by molar-refractivity contribution is 6.04. The van der Waals surface area contributed by atoms with Crippen LogP contribution in [0.2, 0.25) is 0 Å².